The predicted molar refractivity (Wildman–Crippen MR) is 51.1 cm³/mol. The summed E-state index contributed by atoms with van der Waals surface area (Å²) in [4.78, 5) is 2.43. The van der Waals surface area contributed by atoms with Gasteiger partial charge in [0.25, 0.3) is 0 Å². The molecule has 0 aliphatic carbocycles. The molecule has 0 bridgehead atoms. The van der Waals surface area contributed by atoms with E-state index < -0.39 is 0 Å². The van der Waals surface area contributed by atoms with Gasteiger partial charge in [0, 0.05) is 12.6 Å². The standard InChI is InChI=1S/C10H21NO/c1-8(2)6-11-5-4-9(3)10(11)7-12/h8-10,12H,4-7H2,1-3H3. The van der Waals surface area contributed by atoms with E-state index in [1.165, 1.54) is 13.0 Å². The molecule has 1 saturated heterocycles. The second-order valence-corrected chi connectivity index (χ2v) is 4.40. The highest BCUT2D eigenvalue weighted by molar-refractivity contribution is 4.84. The van der Waals surface area contributed by atoms with E-state index in [0.29, 0.717) is 24.5 Å². The maximum Gasteiger partial charge on any atom is 0.0589 e. The van der Waals surface area contributed by atoms with Gasteiger partial charge in [-0.25, -0.2) is 0 Å². The largest absolute Gasteiger partial charge is 0.395 e. The van der Waals surface area contributed by atoms with Gasteiger partial charge in [0.15, 0.2) is 0 Å². The molecular weight excluding hydrogens is 150 g/mol. The Kier molecular flexibility index (Phi) is 3.53. The Hall–Kier alpha value is -0.0800. The molecule has 2 atom stereocenters. The van der Waals surface area contributed by atoms with E-state index in [2.05, 4.69) is 25.7 Å². The molecule has 0 aromatic carbocycles. The summed E-state index contributed by atoms with van der Waals surface area (Å²) in [5, 5.41) is 9.18. The van der Waals surface area contributed by atoms with Gasteiger partial charge in [-0.05, 0) is 24.8 Å². The van der Waals surface area contributed by atoms with Crippen molar-refractivity contribution in [2.45, 2.75) is 33.2 Å². The van der Waals surface area contributed by atoms with E-state index >= 15 is 0 Å². The Bertz CT molecular complexity index is 136. The van der Waals surface area contributed by atoms with Gasteiger partial charge in [0.05, 0.1) is 6.61 Å². The smallest absolute Gasteiger partial charge is 0.0589 e. The van der Waals surface area contributed by atoms with Crippen LogP contribution in [0.4, 0.5) is 0 Å². The quantitative estimate of drug-likeness (QED) is 0.693. The lowest BCUT2D eigenvalue weighted by atomic mass is 10.0. The third-order valence-corrected chi connectivity index (χ3v) is 2.78. The van der Waals surface area contributed by atoms with Crippen molar-refractivity contribution in [3.05, 3.63) is 0 Å². The van der Waals surface area contributed by atoms with Gasteiger partial charge in [0.1, 0.15) is 0 Å². The van der Waals surface area contributed by atoms with Crippen LogP contribution in [-0.2, 0) is 0 Å². The zero-order valence-corrected chi connectivity index (χ0v) is 8.45. The van der Waals surface area contributed by atoms with Crippen LogP contribution in [0.25, 0.3) is 0 Å². The summed E-state index contributed by atoms with van der Waals surface area (Å²) in [6.45, 7) is 9.34. The number of aliphatic hydroxyl groups excluding tert-OH is 1. The summed E-state index contributed by atoms with van der Waals surface area (Å²) in [6, 6.07) is 0.424. The third kappa shape index (κ3) is 2.20. The van der Waals surface area contributed by atoms with E-state index in [9.17, 15) is 5.11 Å². The highest BCUT2D eigenvalue weighted by atomic mass is 16.3. The van der Waals surface area contributed by atoms with Crippen LogP contribution in [0.2, 0.25) is 0 Å². The number of aliphatic hydroxyl groups is 1. The van der Waals surface area contributed by atoms with Crippen molar-refractivity contribution in [3.63, 3.8) is 0 Å². The van der Waals surface area contributed by atoms with Crippen molar-refractivity contribution in [3.8, 4) is 0 Å². The molecule has 0 radical (unpaired) electrons. The topological polar surface area (TPSA) is 23.5 Å². The van der Waals surface area contributed by atoms with Gasteiger partial charge in [-0.15, -0.1) is 0 Å². The number of hydrogen-bond donors (Lipinski definition) is 1. The van der Waals surface area contributed by atoms with Crippen LogP contribution in [0, 0.1) is 11.8 Å². The SMILES string of the molecule is CC(C)CN1CCC(C)C1CO. The summed E-state index contributed by atoms with van der Waals surface area (Å²) < 4.78 is 0. The summed E-state index contributed by atoms with van der Waals surface area (Å²) in [7, 11) is 0. The van der Waals surface area contributed by atoms with Crippen molar-refractivity contribution in [2.24, 2.45) is 11.8 Å². The lowest BCUT2D eigenvalue weighted by Crippen LogP contribution is -2.37. The van der Waals surface area contributed by atoms with Gasteiger partial charge in [-0.1, -0.05) is 20.8 Å². The third-order valence-electron chi connectivity index (χ3n) is 2.78. The minimum Gasteiger partial charge on any atom is -0.395 e. The highest BCUT2D eigenvalue weighted by Crippen LogP contribution is 2.23. The molecular formula is C10H21NO. The van der Waals surface area contributed by atoms with Crippen molar-refractivity contribution < 1.29 is 5.11 Å². The minimum absolute atomic E-state index is 0.327. The number of rotatable bonds is 3. The first kappa shape index (κ1) is 10.0. The molecule has 2 heteroatoms. The van der Waals surface area contributed by atoms with Crippen LogP contribution in [-0.4, -0.2) is 35.7 Å². The van der Waals surface area contributed by atoms with Crippen LogP contribution in [0.3, 0.4) is 0 Å². The molecule has 1 fully saturated rings. The highest BCUT2D eigenvalue weighted by Gasteiger charge is 2.30. The minimum atomic E-state index is 0.327. The summed E-state index contributed by atoms with van der Waals surface area (Å²) in [6.07, 6.45) is 1.25. The monoisotopic (exact) mass is 171 g/mol. The molecule has 0 spiro atoms. The molecule has 1 aliphatic heterocycles. The van der Waals surface area contributed by atoms with E-state index in [1.54, 1.807) is 0 Å². The van der Waals surface area contributed by atoms with E-state index in [4.69, 9.17) is 0 Å². The molecule has 12 heavy (non-hydrogen) atoms. The fourth-order valence-electron chi connectivity index (χ4n) is 2.08. The number of likely N-dealkylation sites (tertiary alicyclic amines) is 1. The first-order valence-electron chi connectivity index (χ1n) is 5.00. The average Bonchev–Trinajstić information content (AvgIpc) is 2.30. The van der Waals surface area contributed by atoms with Gasteiger partial charge < -0.3 is 5.11 Å². The first-order valence-corrected chi connectivity index (χ1v) is 5.00. The van der Waals surface area contributed by atoms with Gasteiger partial charge in [-0.2, -0.15) is 0 Å². The van der Waals surface area contributed by atoms with Crippen LogP contribution < -0.4 is 0 Å². The van der Waals surface area contributed by atoms with E-state index in [1.807, 2.05) is 0 Å². The molecule has 2 nitrogen and oxygen atoms in total. The van der Waals surface area contributed by atoms with Crippen LogP contribution in [0.5, 0.6) is 0 Å². The van der Waals surface area contributed by atoms with Crippen LogP contribution in [0.1, 0.15) is 27.2 Å². The lowest BCUT2D eigenvalue weighted by Gasteiger charge is -2.26. The van der Waals surface area contributed by atoms with Gasteiger partial charge in [0.2, 0.25) is 0 Å². The molecule has 0 aromatic heterocycles. The molecule has 0 saturated carbocycles. The van der Waals surface area contributed by atoms with E-state index in [0.717, 1.165) is 6.54 Å². The zero-order chi connectivity index (χ0) is 9.14. The molecule has 1 heterocycles. The van der Waals surface area contributed by atoms with Crippen LogP contribution >= 0.6 is 0 Å². The first-order chi connectivity index (χ1) is 5.65. The summed E-state index contributed by atoms with van der Waals surface area (Å²) in [5.41, 5.74) is 0. The normalized spacial score (nSPS) is 31.8. The molecule has 1 aliphatic rings. The molecule has 72 valence electrons. The molecule has 1 N–H and O–H groups in total. The van der Waals surface area contributed by atoms with Crippen molar-refractivity contribution >= 4 is 0 Å². The molecule has 0 amide bonds. The Labute approximate surface area is 75.6 Å². The van der Waals surface area contributed by atoms with Gasteiger partial charge >= 0.3 is 0 Å². The Morgan fingerprint density at radius 3 is 2.67 bits per heavy atom. The fraction of sp³-hybridized carbons (Fsp3) is 1.00. The average molecular weight is 171 g/mol. The van der Waals surface area contributed by atoms with Gasteiger partial charge in [-0.3, -0.25) is 4.90 Å². The van der Waals surface area contributed by atoms with Crippen molar-refractivity contribution in [2.75, 3.05) is 19.7 Å². The lowest BCUT2D eigenvalue weighted by molar-refractivity contribution is 0.129. The van der Waals surface area contributed by atoms with Crippen LogP contribution in [0.15, 0.2) is 0 Å². The number of hydrogen-bond acceptors (Lipinski definition) is 2. The molecule has 0 aromatic rings. The zero-order valence-electron chi connectivity index (χ0n) is 8.45. The second kappa shape index (κ2) is 4.24. The Morgan fingerprint density at radius 2 is 2.17 bits per heavy atom. The predicted octanol–water partition coefficient (Wildman–Crippen LogP) is 1.35. The maximum atomic E-state index is 9.18. The molecule has 1 rings (SSSR count). The number of nitrogens with zero attached hydrogens (tertiary/aromatic N) is 1. The Morgan fingerprint density at radius 1 is 1.50 bits per heavy atom. The summed E-state index contributed by atoms with van der Waals surface area (Å²) >= 11 is 0. The second-order valence-electron chi connectivity index (χ2n) is 4.40. The summed E-state index contributed by atoms with van der Waals surface area (Å²) in [5.74, 6) is 1.39. The maximum absolute atomic E-state index is 9.18. The van der Waals surface area contributed by atoms with Crippen molar-refractivity contribution in [1.82, 2.24) is 4.90 Å². The fourth-order valence-corrected chi connectivity index (χ4v) is 2.08. The van der Waals surface area contributed by atoms with Crippen molar-refractivity contribution in [1.29, 1.82) is 0 Å². The van der Waals surface area contributed by atoms with E-state index in [-0.39, 0.29) is 0 Å². The molecule has 2 unspecified atom stereocenters. The Balaban J connectivity index is 2.43.